The fourth-order valence-corrected chi connectivity index (χ4v) is 6.59. The van der Waals surface area contributed by atoms with Gasteiger partial charge in [0.2, 0.25) is 0 Å². The van der Waals surface area contributed by atoms with Gasteiger partial charge in [-0.15, -0.1) is 11.6 Å². The quantitative estimate of drug-likeness (QED) is 0.680. The third kappa shape index (κ3) is 1.50. The molecule has 1 aliphatic heterocycles. The maximum absolute atomic E-state index is 9.38. The van der Waals surface area contributed by atoms with E-state index in [4.69, 9.17) is 11.6 Å². The van der Waals surface area contributed by atoms with E-state index in [9.17, 15) is 5.26 Å². The molecular weight excluding hydrogens is 244 g/mol. The van der Waals surface area contributed by atoms with Gasteiger partial charge in [0, 0.05) is 17.0 Å². The minimum Gasteiger partial charge on any atom is -0.282 e. The molecule has 4 aliphatic carbocycles. The van der Waals surface area contributed by atoms with Crippen molar-refractivity contribution in [2.75, 3.05) is 6.54 Å². The van der Waals surface area contributed by atoms with Crippen LogP contribution in [0.1, 0.15) is 51.4 Å². The maximum atomic E-state index is 9.38. The van der Waals surface area contributed by atoms with E-state index < -0.39 is 0 Å². The van der Waals surface area contributed by atoms with Gasteiger partial charge in [0.1, 0.15) is 0 Å². The second-order valence-electron chi connectivity index (χ2n) is 7.32. The number of rotatable bonds is 1. The van der Waals surface area contributed by atoms with E-state index in [1.54, 1.807) is 0 Å². The zero-order chi connectivity index (χ0) is 12.4. The fraction of sp³-hybridized carbons (Fsp3) is 0.933. The molecule has 5 rings (SSSR count). The first-order chi connectivity index (χ1) is 8.62. The Hall–Kier alpha value is -0.260. The molecule has 0 amide bonds. The van der Waals surface area contributed by atoms with Crippen molar-refractivity contribution in [1.82, 2.24) is 4.90 Å². The maximum Gasteiger partial charge on any atom is 0.0982 e. The first-order valence-electron chi connectivity index (χ1n) is 7.48. The van der Waals surface area contributed by atoms with Gasteiger partial charge in [-0.2, -0.15) is 5.26 Å². The van der Waals surface area contributed by atoms with Crippen molar-refractivity contribution in [2.45, 2.75) is 67.8 Å². The predicted molar refractivity (Wildman–Crippen MR) is 71.3 cm³/mol. The third-order valence-corrected chi connectivity index (χ3v) is 6.41. The molecule has 3 heteroatoms. The molecule has 0 N–H and O–H groups in total. The first kappa shape index (κ1) is 11.6. The largest absolute Gasteiger partial charge is 0.282 e. The van der Waals surface area contributed by atoms with Crippen LogP contribution < -0.4 is 0 Å². The smallest absolute Gasteiger partial charge is 0.0982 e. The highest BCUT2D eigenvalue weighted by molar-refractivity contribution is 6.24. The van der Waals surface area contributed by atoms with Gasteiger partial charge < -0.3 is 0 Å². The molecule has 2 nitrogen and oxygen atoms in total. The van der Waals surface area contributed by atoms with Gasteiger partial charge in [0.15, 0.2) is 0 Å². The van der Waals surface area contributed by atoms with Crippen LogP contribution in [0, 0.1) is 23.2 Å². The Morgan fingerprint density at radius 1 is 1.17 bits per heavy atom. The molecule has 0 spiro atoms. The number of nitrogens with zero attached hydrogens (tertiary/aromatic N) is 2. The summed E-state index contributed by atoms with van der Waals surface area (Å²) >= 11 is 6.88. The van der Waals surface area contributed by atoms with Crippen molar-refractivity contribution < 1.29 is 0 Å². The zero-order valence-electron chi connectivity index (χ0n) is 10.9. The van der Waals surface area contributed by atoms with Crippen molar-refractivity contribution >= 4 is 11.6 Å². The minimum absolute atomic E-state index is 0.0761. The van der Waals surface area contributed by atoms with Crippen LogP contribution in [0.5, 0.6) is 0 Å². The van der Waals surface area contributed by atoms with Gasteiger partial charge >= 0.3 is 0 Å². The Labute approximate surface area is 114 Å². The molecule has 18 heavy (non-hydrogen) atoms. The SMILES string of the molecule is N#C[C@@H]1CCCN1C12CC3CC(CC(Cl)(C3)C1)C2. The summed E-state index contributed by atoms with van der Waals surface area (Å²) in [4.78, 5) is 2.63. The zero-order valence-corrected chi connectivity index (χ0v) is 11.6. The molecule has 0 aromatic carbocycles. The summed E-state index contributed by atoms with van der Waals surface area (Å²) in [5.41, 5.74) is 0.294. The van der Waals surface area contributed by atoms with Crippen LogP contribution in [-0.2, 0) is 0 Å². The fourth-order valence-electron chi connectivity index (χ4n) is 5.91. The molecule has 5 fully saturated rings. The van der Waals surface area contributed by atoms with Gasteiger partial charge in [-0.3, -0.25) is 4.90 Å². The monoisotopic (exact) mass is 264 g/mol. The Kier molecular flexibility index (Phi) is 2.34. The van der Waals surface area contributed by atoms with E-state index in [1.165, 1.54) is 38.5 Å². The second-order valence-corrected chi connectivity index (χ2v) is 8.12. The standard InChI is InChI=1S/C15H21ClN2/c16-14-5-11-4-12(6-14)8-15(7-11,10-14)18-3-1-2-13(18)9-17/h11-13H,1-8,10H2/t11?,12?,13-,14?,15?/m0/s1. The average Bonchev–Trinajstić information content (AvgIpc) is 2.73. The molecular formula is C15H21ClN2. The van der Waals surface area contributed by atoms with Gasteiger partial charge in [-0.25, -0.2) is 0 Å². The van der Waals surface area contributed by atoms with Crippen LogP contribution in [0.3, 0.4) is 0 Å². The lowest BCUT2D eigenvalue weighted by Crippen LogP contribution is -2.64. The molecule has 5 aliphatic rings. The minimum atomic E-state index is 0.0761. The average molecular weight is 265 g/mol. The summed E-state index contributed by atoms with van der Waals surface area (Å²) in [7, 11) is 0. The number of likely N-dealkylation sites (tertiary alicyclic amines) is 1. The van der Waals surface area contributed by atoms with E-state index in [2.05, 4.69) is 11.0 Å². The molecule has 0 radical (unpaired) electrons. The van der Waals surface area contributed by atoms with Crippen LogP contribution >= 0.6 is 11.6 Å². The van der Waals surface area contributed by atoms with E-state index >= 15 is 0 Å². The van der Waals surface area contributed by atoms with E-state index in [0.29, 0.717) is 5.54 Å². The van der Waals surface area contributed by atoms with E-state index in [-0.39, 0.29) is 10.9 Å². The molecule has 0 aromatic rings. The van der Waals surface area contributed by atoms with Crippen molar-refractivity contribution in [1.29, 1.82) is 5.26 Å². The van der Waals surface area contributed by atoms with Crippen LogP contribution in [0.2, 0.25) is 0 Å². The molecule has 2 unspecified atom stereocenters. The number of hydrogen-bond donors (Lipinski definition) is 0. The summed E-state index contributed by atoms with van der Waals surface area (Å²) in [6.07, 6.45) is 9.92. The molecule has 4 saturated carbocycles. The predicted octanol–water partition coefficient (Wildman–Crippen LogP) is 3.30. The van der Waals surface area contributed by atoms with Crippen molar-refractivity contribution in [3.05, 3.63) is 0 Å². The van der Waals surface area contributed by atoms with Crippen molar-refractivity contribution in [3.63, 3.8) is 0 Å². The Balaban J connectivity index is 1.69. The van der Waals surface area contributed by atoms with Crippen molar-refractivity contribution in [3.8, 4) is 6.07 Å². The molecule has 4 bridgehead atoms. The second kappa shape index (κ2) is 3.64. The van der Waals surface area contributed by atoms with Gasteiger partial charge in [-0.05, 0) is 63.2 Å². The third-order valence-electron chi connectivity index (χ3n) is 5.97. The Bertz CT molecular complexity index is 399. The lowest BCUT2D eigenvalue weighted by molar-refractivity contribution is -0.0780. The summed E-state index contributed by atoms with van der Waals surface area (Å²) in [5, 5.41) is 9.38. The van der Waals surface area contributed by atoms with Crippen molar-refractivity contribution in [2.24, 2.45) is 11.8 Å². The molecule has 1 saturated heterocycles. The number of nitriles is 1. The molecule has 3 atom stereocenters. The highest BCUT2D eigenvalue weighted by Gasteiger charge is 2.60. The molecule has 0 aromatic heterocycles. The number of alkyl halides is 1. The highest BCUT2D eigenvalue weighted by atomic mass is 35.5. The van der Waals surface area contributed by atoms with Crippen LogP contribution in [0.4, 0.5) is 0 Å². The van der Waals surface area contributed by atoms with Crippen LogP contribution in [-0.4, -0.2) is 27.9 Å². The molecule has 1 heterocycles. The van der Waals surface area contributed by atoms with Gasteiger partial charge in [0.25, 0.3) is 0 Å². The summed E-state index contributed by atoms with van der Waals surface area (Å²) < 4.78 is 0. The lowest BCUT2D eigenvalue weighted by Gasteiger charge is -2.63. The molecule has 98 valence electrons. The van der Waals surface area contributed by atoms with Crippen LogP contribution in [0.15, 0.2) is 0 Å². The first-order valence-corrected chi connectivity index (χ1v) is 7.86. The summed E-state index contributed by atoms with van der Waals surface area (Å²) in [5.74, 6) is 1.67. The van der Waals surface area contributed by atoms with E-state index in [1.807, 2.05) is 0 Å². The van der Waals surface area contributed by atoms with E-state index in [0.717, 1.165) is 31.2 Å². The Morgan fingerprint density at radius 3 is 2.50 bits per heavy atom. The van der Waals surface area contributed by atoms with Gasteiger partial charge in [0.05, 0.1) is 12.1 Å². The number of hydrogen-bond acceptors (Lipinski definition) is 2. The summed E-state index contributed by atoms with van der Waals surface area (Å²) in [6.45, 7) is 1.13. The lowest BCUT2D eigenvalue weighted by atomic mass is 9.52. The normalized spacial score (nSPS) is 54.8. The van der Waals surface area contributed by atoms with Gasteiger partial charge in [-0.1, -0.05) is 0 Å². The summed E-state index contributed by atoms with van der Waals surface area (Å²) in [6, 6.07) is 2.70. The number of halogens is 1. The highest BCUT2D eigenvalue weighted by Crippen LogP contribution is 2.62. The Morgan fingerprint density at radius 2 is 1.89 bits per heavy atom. The topological polar surface area (TPSA) is 27.0 Å². The van der Waals surface area contributed by atoms with Crippen LogP contribution in [0.25, 0.3) is 0 Å².